The van der Waals surface area contributed by atoms with Gasteiger partial charge in [-0.15, -0.1) is 0 Å². The van der Waals surface area contributed by atoms with Crippen molar-refractivity contribution in [2.75, 3.05) is 60.8 Å². The largest absolute Gasteiger partial charge is 0.472 e. The Balaban J connectivity index is 5.26. The van der Waals surface area contributed by atoms with Crippen LogP contribution in [0, 0.1) is 21.7 Å². The number of ether oxygens (including phenoxy) is 3. The van der Waals surface area contributed by atoms with Crippen LogP contribution in [0.2, 0.25) is 0 Å². The highest BCUT2D eigenvalue weighted by Crippen LogP contribution is 2.57. The van der Waals surface area contributed by atoms with Crippen molar-refractivity contribution in [2.24, 2.45) is 21.7 Å². The van der Waals surface area contributed by atoms with E-state index in [1.807, 2.05) is 74.4 Å². The van der Waals surface area contributed by atoms with E-state index < -0.39 is 35.5 Å². The average Bonchev–Trinajstić information content (AvgIpc) is 2.74. The highest BCUT2D eigenvalue weighted by Gasteiger charge is 2.56. The lowest BCUT2D eigenvalue weighted by Crippen LogP contribution is -2.52. The summed E-state index contributed by atoms with van der Waals surface area (Å²) >= 11 is 0. The predicted molar refractivity (Wildman–Crippen MR) is 138 cm³/mol. The van der Waals surface area contributed by atoms with Crippen molar-refractivity contribution in [2.45, 2.75) is 68.2 Å². The second kappa shape index (κ2) is 14.2. The van der Waals surface area contributed by atoms with Gasteiger partial charge < -0.3 is 24.0 Å². The summed E-state index contributed by atoms with van der Waals surface area (Å²) in [5.74, 6) is -0.754. The SMILES string of the molecule is CCC(C)(C(=O)OCCOP(=O)(O)OCCN(C)C)C(C)(C)C(C)(C)CC(C)(C)C(=O)OCCOC. The van der Waals surface area contributed by atoms with Gasteiger partial charge in [0, 0.05) is 13.7 Å². The lowest BCUT2D eigenvalue weighted by atomic mass is 9.50. The molecular formula is C25H50NO9P. The molecule has 10 nitrogen and oxygen atoms in total. The van der Waals surface area contributed by atoms with Crippen molar-refractivity contribution in [3.63, 3.8) is 0 Å². The van der Waals surface area contributed by atoms with Gasteiger partial charge >= 0.3 is 19.8 Å². The summed E-state index contributed by atoms with van der Waals surface area (Å²) in [6, 6.07) is 0. The zero-order chi connectivity index (χ0) is 28.4. The van der Waals surface area contributed by atoms with Crippen LogP contribution in [-0.4, -0.2) is 82.5 Å². The highest BCUT2D eigenvalue weighted by molar-refractivity contribution is 7.47. The van der Waals surface area contributed by atoms with Gasteiger partial charge in [-0.25, -0.2) is 4.57 Å². The van der Waals surface area contributed by atoms with Crippen molar-refractivity contribution >= 4 is 19.8 Å². The molecule has 0 radical (unpaired) electrons. The molecule has 36 heavy (non-hydrogen) atoms. The van der Waals surface area contributed by atoms with Gasteiger partial charge in [0.15, 0.2) is 0 Å². The normalized spacial score (nSPS) is 16.4. The van der Waals surface area contributed by atoms with E-state index in [0.717, 1.165) is 0 Å². The molecule has 0 amide bonds. The van der Waals surface area contributed by atoms with Crippen LogP contribution in [0.3, 0.4) is 0 Å². The second-order valence-electron chi connectivity index (χ2n) is 11.5. The minimum Gasteiger partial charge on any atom is -0.463 e. The van der Waals surface area contributed by atoms with Crippen molar-refractivity contribution in [3.8, 4) is 0 Å². The van der Waals surface area contributed by atoms with E-state index in [2.05, 4.69) is 0 Å². The number of methoxy groups -OCH3 is 1. The summed E-state index contributed by atoms with van der Waals surface area (Å²) in [6.07, 6.45) is 0.969. The van der Waals surface area contributed by atoms with Crippen LogP contribution >= 0.6 is 7.82 Å². The summed E-state index contributed by atoms with van der Waals surface area (Å²) < 4.78 is 37.6. The average molecular weight is 540 g/mol. The molecule has 11 heteroatoms. The van der Waals surface area contributed by atoms with Gasteiger partial charge in [0.2, 0.25) is 0 Å². The van der Waals surface area contributed by atoms with E-state index in [0.29, 0.717) is 26.0 Å². The van der Waals surface area contributed by atoms with E-state index in [4.69, 9.17) is 23.3 Å². The molecule has 0 aromatic carbocycles. The third-order valence-electron chi connectivity index (χ3n) is 7.55. The number of rotatable bonds is 18. The third-order valence-corrected chi connectivity index (χ3v) is 8.57. The Kier molecular flexibility index (Phi) is 13.8. The molecule has 0 spiro atoms. The fourth-order valence-corrected chi connectivity index (χ4v) is 4.91. The van der Waals surface area contributed by atoms with Gasteiger partial charge in [-0.2, -0.15) is 0 Å². The van der Waals surface area contributed by atoms with Gasteiger partial charge in [-0.3, -0.25) is 18.6 Å². The Morgan fingerprint density at radius 3 is 1.83 bits per heavy atom. The minimum absolute atomic E-state index is 0.0357. The molecule has 0 bridgehead atoms. The highest BCUT2D eigenvalue weighted by atomic mass is 31.2. The summed E-state index contributed by atoms with van der Waals surface area (Å²) in [7, 11) is 0.946. The Hall–Kier alpha value is -1.03. The lowest BCUT2D eigenvalue weighted by Gasteiger charge is -2.53. The van der Waals surface area contributed by atoms with Gasteiger partial charge in [0.25, 0.3) is 0 Å². The van der Waals surface area contributed by atoms with E-state index in [9.17, 15) is 19.0 Å². The number of likely N-dealkylation sites (N-methyl/N-ethyl adjacent to an activating group) is 1. The molecule has 2 atom stereocenters. The van der Waals surface area contributed by atoms with Crippen LogP contribution in [0.15, 0.2) is 0 Å². The van der Waals surface area contributed by atoms with Crippen LogP contribution < -0.4 is 0 Å². The number of hydrogen-bond acceptors (Lipinski definition) is 9. The van der Waals surface area contributed by atoms with E-state index in [1.54, 1.807) is 7.11 Å². The van der Waals surface area contributed by atoms with E-state index in [-0.39, 0.29) is 32.4 Å². The fraction of sp³-hybridized carbons (Fsp3) is 0.920. The van der Waals surface area contributed by atoms with E-state index in [1.165, 1.54) is 0 Å². The first-order chi connectivity index (χ1) is 16.3. The van der Waals surface area contributed by atoms with Crippen molar-refractivity contribution < 1.29 is 42.3 Å². The molecular weight excluding hydrogens is 489 g/mol. The summed E-state index contributed by atoms with van der Waals surface area (Å²) in [4.78, 5) is 37.6. The van der Waals surface area contributed by atoms with Crippen LogP contribution in [0.1, 0.15) is 68.2 Å². The van der Waals surface area contributed by atoms with Crippen molar-refractivity contribution in [3.05, 3.63) is 0 Å². The molecule has 0 aliphatic carbocycles. The standard InChI is InChI=1S/C25H50NO9P/c1-12-25(8,21(28)33-17-18-35-36(29,30)34-14-13-26(9)10)24(6,7)23(4,5)19-22(2,3)20(27)32-16-15-31-11/h12-19H2,1-11H3,(H,29,30). The maximum absolute atomic E-state index is 13.3. The van der Waals surface area contributed by atoms with Crippen molar-refractivity contribution in [1.82, 2.24) is 4.90 Å². The number of esters is 2. The number of carbonyl (C=O) groups excluding carboxylic acids is 2. The van der Waals surface area contributed by atoms with Crippen LogP contribution in [0.4, 0.5) is 0 Å². The molecule has 0 aliphatic rings. The molecule has 2 unspecified atom stereocenters. The molecule has 0 saturated heterocycles. The molecule has 214 valence electrons. The Morgan fingerprint density at radius 2 is 1.33 bits per heavy atom. The summed E-state index contributed by atoms with van der Waals surface area (Å²) in [5.41, 5.74) is -2.76. The van der Waals surface area contributed by atoms with Gasteiger partial charge in [0.1, 0.15) is 13.2 Å². The molecule has 0 aliphatic heterocycles. The molecule has 0 fully saturated rings. The van der Waals surface area contributed by atoms with Gasteiger partial charge in [0.05, 0.1) is 30.7 Å². The molecule has 0 saturated carbocycles. The van der Waals surface area contributed by atoms with E-state index >= 15 is 0 Å². The first kappa shape index (κ1) is 35.0. The maximum atomic E-state index is 13.3. The number of nitrogens with zero attached hydrogens (tertiary/aromatic N) is 1. The number of phosphoric acid groups is 1. The summed E-state index contributed by atoms with van der Waals surface area (Å²) in [6.45, 7) is 16.1. The maximum Gasteiger partial charge on any atom is 0.472 e. The Labute approximate surface area is 217 Å². The topological polar surface area (TPSA) is 121 Å². The Morgan fingerprint density at radius 1 is 0.833 bits per heavy atom. The zero-order valence-corrected chi connectivity index (χ0v) is 25.2. The van der Waals surface area contributed by atoms with Gasteiger partial charge in [-0.1, -0.05) is 34.6 Å². The van der Waals surface area contributed by atoms with Gasteiger partial charge in [-0.05, 0) is 58.5 Å². The lowest BCUT2D eigenvalue weighted by molar-refractivity contribution is -0.175. The van der Waals surface area contributed by atoms with Crippen LogP contribution in [-0.2, 0) is 37.4 Å². The van der Waals surface area contributed by atoms with Crippen LogP contribution in [0.5, 0.6) is 0 Å². The predicted octanol–water partition coefficient (Wildman–Crippen LogP) is 4.30. The molecule has 1 N–H and O–H groups in total. The second-order valence-corrected chi connectivity index (χ2v) is 12.9. The molecule has 0 aromatic heterocycles. The smallest absolute Gasteiger partial charge is 0.463 e. The quantitative estimate of drug-likeness (QED) is 0.153. The molecule has 0 heterocycles. The minimum atomic E-state index is -4.23. The zero-order valence-electron chi connectivity index (χ0n) is 24.3. The first-order valence-corrected chi connectivity index (χ1v) is 13.9. The molecule has 0 aromatic rings. The monoisotopic (exact) mass is 539 g/mol. The first-order valence-electron chi connectivity index (χ1n) is 12.4. The fourth-order valence-electron chi connectivity index (χ4n) is 4.22. The molecule has 0 rings (SSSR count). The number of carbonyl (C=O) groups is 2. The number of hydrogen-bond donors (Lipinski definition) is 1. The Bertz CT molecular complexity index is 752. The van der Waals surface area contributed by atoms with Crippen LogP contribution in [0.25, 0.3) is 0 Å². The van der Waals surface area contributed by atoms with Crippen molar-refractivity contribution in [1.29, 1.82) is 0 Å². The third kappa shape index (κ3) is 10.0. The summed E-state index contributed by atoms with van der Waals surface area (Å²) in [5, 5.41) is 0. The number of phosphoric ester groups is 1.